The summed E-state index contributed by atoms with van der Waals surface area (Å²) in [7, 11) is 0. The maximum absolute atomic E-state index is 14.0. The molecule has 0 saturated heterocycles. The number of carbonyl (C=O) groups is 2. The number of carbonyl (C=O) groups excluding carboxylic acids is 2. The van der Waals surface area contributed by atoms with Crippen molar-refractivity contribution in [3.63, 3.8) is 0 Å². The second kappa shape index (κ2) is 7.20. The van der Waals surface area contributed by atoms with E-state index in [-0.39, 0.29) is 24.8 Å². The quantitative estimate of drug-likeness (QED) is 0.615. The van der Waals surface area contributed by atoms with E-state index in [1.807, 2.05) is 62.4 Å². The van der Waals surface area contributed by atoms with Crippen LogP contribution in [0.5, 0.6) is 11.5 Å². The number of anilines is 1. The number of hydrogen-bond acceptors (Lipinski definition) is 4. The standard InChI is InChI=1S/C28H25NO4/c1-17-6-5-7-18(2)21(17)13-20(30)15-29-24-9-4-3-8-22(24)28(27(29)31)16-33-26-14-25-19(10-11-32-25)12-23(26)28/h3-9,12,14H,10-11,13,15-16H2,1-2H3. The van der Waals surface area contributed by atoms with Crippen molar-refractivity contribution in [1.82, 2.24) is 0 Å². The number of fused-ring (bicyclic) bond motifs is 5. The number of para-hydroxylation sites is 1. The molecule has 1 spiro atoms. The largest absolute Gasteiger partial charge is 0.493 e. The minimum atomic E-state index is -0.914. The van der Waals surface area contributed by atoms with Gasteiger partial charge in [-0.3, -0.25) is 9.59 Å². The van der Waals surface area contributed by atoms with Crippen LogP contribution in [0, 0.1) is 13.8 Å². The molecule has 6 rings (SSSR count). The molecule has 5 nitrogen and oxygen atoms in total. The summed E-state index contributed by atoms with van der Waals surface area (Å²) in [5.41, 5.74) is 6.02. The molecular formula is C28H25NO4. The Morgan fingerprint density at radius 3 is 2.58 bits per heavy atom. The van der Waals surface area contributed by atoms with Gasteiger partial charge in [0, 0.05) is 30.2 Å². The van der Waals surface area contributed by atoms with Crippen molar-refractivity contribution in [3.05, 3.63) is 88.0 Å². The minimum Gasteiger partial charge on any atom is -0.493 e. The van der Waals surface area contributed by atoms with E-state index in [9.17, 15) is 9.59 Å². The van der Waals surface area contributed by atoms with E-state index in [0.29, 0.717) is 18.8 Å². The van der Waals surface area contributed by atoms with Gasteiger partial charge < -0.3 is 14.4 Å². The van der Waals surface area contributed by atoms with Crippen molar-refractivity contribution in [3.8, 4) is 11.5 Å². The van der Waals surface area contributed by atoms with Gasteiger partial charge in [0.15, 0.2) is 5.78 Å². The summed E-state index contributed by atoms with van der Waals surface area (Å²) in [6.45, 7) is 4.98. The molecule has 0 radical (unpaired) electrons. The van der Waals surface area contributed by atoms with E-state index in [1.165, 1.54) is 0 Å². The fourth-order valence-electron chi connectivity index (χ4n) is 5.56. The second-order valence-electron chi connectivity index (χ2n) is 9.24. The summed E-state index contributed by atoms with van der Waals surface area (Å²) < 4.78 is 11.8. The third kappa shape index (κ3) is 2.85. The fourth-order valence-corrected chi connectivity index (χ4v) is 5.56. The van der Waals surface area contributed by atoms with Gasteiger partial charge in [0.25, 0.3) is 0 Å². The zero-order valence-corrected chi connectivity index (χ0v) is 18.8. The van der Waals surface area contributed by atoms with Gasteiger partial charge in [-0.15, -0.1) is 0 Å². The molecule has 0 N–H and O–H groups in total. The van der Waals surface area contributed by atoms with Gasteiger partial charge in [-0.05, 0) is 53.8 Å². The summed E-state index contributed by atoms with van der Waals surface area (Å²) in [6, 6.07) is 17.8. The van der Waals surface area contributed by atoms with Gasteiger partial charge in [-0.25, -0.2) is 0 Å². The predicted octanol–water partition coefficient (Wildman–Crippen LogP) is 4.08. The van der Waals surface area contributed by atoms with Crippen molar-refractivity contribution in [2.75, 3.05) is 24.7 Å². The number of hydrogen-bond donors (Lipinski definition) is 0. The van der Waals surface area contributed by atoms with Crippen molar-refractivity contribution < 1.29 is 19.1 Å². The summed E-state index contributed by atoms with van der Waals surface area (Å²) in [6.07, 6.45) is 1.14. The Morgan fingerprint density at radius 1 is 0.970 bits per heavy atom. The maximum atomic E-state index is 14.0. The highest BCUT2D eigenvalue weighted by molar-refractivity contribution is 6.14. The zero-order valence-electron chi connectivity index (χ0n) is 18.8. The third-order valence-electron chi connectivity index (χ3n) is 7.31. The molecule has 3 aliphatic rings. The molecule has 166 valence electrons. The first-order valence-electron chi connectivity index (χ1n) is 11.4. The molecule has 0 aliphatic carbocycles. The van der Waals surface area contributed by atoms with Gasteiger partial charge in [0.1, 0.15) is 23.5 Å². The van der Waals surface area contributed by atoms with Gasteiger partial charge in [0.2, 0.25) is 5.91 Å². The van der Waals surface area contributed by atoms with Crippen LogP contribution in [0.3, 0.4) is 0 Å². The molecule has 1 atom stereocenters. The van der Waals surface area contributed by atoms with Gasteiger partial charge in [0.05, 0.1) is 13.2 Å². The number of Topliss-reactive ketones (excluding diaryl/α,β-unsaturated/α-hetero) is 1. The minimum absolute atomic E-state index is 0.0223. The molecule has 0 bridgehead atoms. The lowest BCUT2D eigenvalue weighted by Crippen LogP contribution is -2.44. The van der Waals surface area contributed by atoms with Crippen molar-refractivity contribution in [2.45, 2.75) is 32.1 Å². The van der Waals surface area contributed by atoms with Gasteiger partial charge in [-0.2, -0.15) is 0 Å². The highest BCUT2D eigenvalue weighted by Crippen LogP contribution is 2.53. The fraction of sp³-hybridized carbons (Fsp3) is 0.286. The predicted molar refractivity (Wildman–Crippen MR) is 125 cm³/mol. The Morgan fingerprint density at radius 2 is 1.76 bits per heavy atom. The van der Waals surface area contributed by atoms with Crippen LogP contribution in [0.25, 0.3) is 0 Å². The van der Waals surface area contributed by atoms with E-state index in [4.69, 9.17) is 9.47 Å². The van der Waals surface area contributed by atoms with Gasteiger partial charge in [-0.1, -0.05) is 36.4 Å². The highest BCUT2D eigenvalue weighted by atomic mass is 16.5. The Balaban J connectivity index is 1.38. The van der Waals surface area contributed by atoms with E-state index >= 15 is 0 Å². The van der Waals surface area contributed by atoms with E-state index in [0.717, 1.165) is 51.2 Å². The molecule has 33 heavy (non-hydrogen) atoms. The molecule has 1 amide bonds. The number of aryl methyl sites for hydroxylation is 2. The van der Waals surface area contributed by atoms with E-state index in [2.05, 4.69) is 6.07 Å². The molecule has 0 aromatic heterocycles. The van der Waals surface area contributed by atoms with Crippen LogP contribution < -0.4 is 14.4 Å². The number of benzene rings is 3. The van der Waals surface area contributed by atoms with Crippen LogP contribution in [-0.2, 0) is 27.8 Å². The monoisotopic (exact) mass is 439 g/mol. The normalized spacial score (nSPS) is 19.8. The molecule has 0 fully saturated rings. The Labute approximate surface area is 192 Å². The summed E-state index contributed by atoms with van der Waals surface area (Å²) >= 11 is 0. The van der Waals surface area contributed by atoms with Crippen LogP contribution in [0.15, 0.2) is 54.6 Å². The first-order chi connectivity index (χ1) is 16.0. The van der Waals surface area contributed by atoms with Gasteiger partial charge >= 0.3 is 0 Å². The van der Waals surface area contributed by atoms with Crippen molar-refractivity contribution >= 4 is 17.4 Å². The Kier molecular flexibility index (Phi) is 4.37. The summed E-state index contributed by atoms with van der Waals surface area (Å²) in [5, 5.41) is 0. The Hall–Kier alpha value is -3.60. The van der Waals surface area contributed by atoms with Crippen LogP contribution >= 0.6 is 0 Å². The SMILES string of the molecule is Cc1cccc(C)c1CC(=O)CN1C(=O)C2(COc3cc4c(cc32)CCO4)c2ccccc21. The molecule has 3 aliphatic heterocycles. The first-order valence-corrected chi connectivity index (χ1v) is 11.4. The second-order valence-corrected chi connectivity index (χ2v) is 9.24. The highest BCUT2D eigenvalue weighted by Gasteiger charge is 2.57. The molecular weight excluding hydrogens is 414 g/mol. The van der Waals surface area contributed by atoms with Crippen LogP contribution in [0.4, 0.5) is 5.69 Å². The Bertz CT molecular complexity index is 1310. The lowest BCUT2D eigenvalue weighted by atomic mass is 9.76. The number of ketones is 1. The lowest BCUT2D eigenvalue weighted by molar-refractivity contribution is -0.124. The number of ether oxygens (including phenoxy) is 2. The number of rotatable bonds is 4. The summed E-state index contributed by atoms with van der Waals surface area (Å²) in [4.78, 5) is 28.9. The lowest BCUT2D eigenvalue weighted by Gasteiger charge is -2.23. The van der Waals surface area contributed by atoms with Crippen LogP contribution in [0.2, 0.25) is 0 Å². The number of amides is 1. The molecule has 3 aromatic rings. The smallest absolute Gasteiger partial charge is 0.246 e. The maximum Gasteiger partial charge on any atom is 0.246 e. The first kappa shape index (κ1) is 20.0. The molecule has 5 heteroatoms. The topological polar surface area (TPSA) is 55.8 Å². The molecule has 0 saturated carbocycles. The number of nitrogens with zero attached hydrogens (tertiary/aromatic N) is 1. The van der Waals surface area contributed by atoms with E-state index in [1.54, 1.807) is 4.90 Å². The van der Waals surface area contributed by atoms with Crippen molar-refractivity contribution in [2.24, 2.45) is 0 Å². The third-order valence-corrected chi connectivity index (χ3v) is 7.31. The average Bonchev–Trinajstić information content (AvgIpc) is 3.48. The van der Waals surface area contributed by atoms with Crippen LogP contribution in [0.1, 0.15) is 33.4 Å². The summed E-state index contributed by atoms with van der Waals surface area (Å²) in [5.74, 6) is 1.47. The zero-order chi connectivity index (χ0) is 22.7. The van der Waals surface area contributed by atoms with Crippen molar-refractivity contribution in [1.29, 1.82) is 0 Å². The molecule has 1 unspecified atom stereocenters. The average molecular weight is 440 g/mol. The molecule has 3 heterocycles. The van der Waals surface area contributed by atoms with E-state index < -0.39 is 5.41 Å². The molecule has 3 aromatic carbocycles. The van der Waals surface area contributed by atoms with Crippen LogP contribution in [-0.4, -0.2) is 31.4 Å².